The molecule has 0 bridgehead atoms. The molecular formula is C24H22F6N2O3. The van der Waals surface area contributed by atoms with Gasteiger partial charge in [0.1, 0.15) is 6.04 Å². The second-order valence-electron chi connectivity index (χ2n) is 8.75. The van der Waals surface area contributed by atoms with Crippen LogP contribution >= 0.6 is 0 Å². The third-order valence-electron chi connectivity index (χ3n) is 6.28. The first-order valence-electron chi connectivity index (χ1n) is 10.9. The molecule has 2 aromatic rings. The van der Waals surface area contributed by atoms with Gasteiger partial charge in [-0.1, -0.05) is 30.3 Å². The lowest BCUT2D eigenvalue weighted by atomic mass is 9.88. The number of hydrogen-bond donors (Lipinski definition) is 1. The van der Waals surface area contributed by atoms with E-state index in [0.717, 1.165) is 0 Å². The number of hydrogen-bond acceptors (Lipinski definition) is 3. The van der Waals surface area contributed by atoms with Gasteiger partial charge in [-0.2, -0.15) is 26.3 Å². The minimum Gasteiger partial charge on any atom is -0.374 e. The van der Waals surface area contributed by atoms with Gasteiger partial charge in [-0.15, -0.1) is 0 Å². The fourth-order valence-electron chi connectivity index (χ4n) is 4.61. The van der Waals surface area contributed by atoms with Crippen molar-refractivity contribution in [1.29, 1.82) is 0 Å². The highest BCUT2D eigenvalue weighted by Crippen LogP contribution is 2.38. The number of halogens is 6. The maximum atomic E-state index is 13.2. The van der Waals surface area contributed by atoms with Crippen LogP contribution in [-0.2, 0) is 38.8 Å². The number of nitrogens with one attached hydrogen (secondary N) is 1. The van der Waals surface area contributed by atoms with Crippen LogP contribution in [0.25, 0.3) is 0 Å². The first kappa shape index (κ1) is 25.0. The molecule has 0 aromatic heterocycles. The highest BCUT2D eigenvalue weighted by molar-refractivity contribution is 5.91. The second kappa shape index (κ2) is 9.18. The van der Waals surface area contributed by atoms with Crippen molar-refractivity contribution in [2.24, 2.45) is 0 Å². The smallest absolute Gasteiger partial charge is 0.374 e. The Kier molecular flexibility index (Phi) is 6.56. The normalized spacial score (nSPS) is 23.1. The zero-order valence-electron chi connectivity index (χ0n) is 18.4. The van der Waals surface area contributed by atoms with Crippen molar-refractivity contribution in [1.82, 2.24) is 10.2 Å². The summed E-state index contributed by atoms with van der Waals surface area (Å²) in [6.07, 6.45) is -8.78. The van der Waals surface area contributed by atoms with Crippen LogP contribution in [0, 0.1) is 0 Å². The van der Waals surface area contributed by atoms with E-state index in [-0.39, 0.29) is 36.5 Å². The molecule has 2 aliphatic rings. The van der Waals surface area contributed by atoms with E-state index in [1.54, 1.807) is 30.3 Å². The predicted octanol–water partition coefficient (Wildman–Crippen LogP) is 4.65. The topological polar surface area (TPSA) is 58.6 Å². The van der Waals surface area contributed by atoms with Crippen LogP contribution in [-0.4, -0.2) is 35.9 Å². The van der Waals surface area contributed by atoms with Gasteiger partial charge in [-0.25, -0.2) is 0 Å². The maximum Gasteiger partial charge on any atom is 0.416 e. The lowest BCUT2D eigenvalue weighted by Gasteiger charge is -2.30. The van der Waals surface area contributed by atoms with Gasteiger partial charge in [-0.3, -0.25) is 9.59 Å². The van der Waals surface area contributed by atoms with Gasteiger partial charge in [0.15, 0.2) is 0 Å². The first-order valence-corrected chi connectivity index (χ1v) is 10.9. The number of likely N-dealkylation sites (tertiary alicyclic amines) is 1. The fourth-order valence-corrected chi connectivity index (χ4v) is 4.61. The van der Waals surface area contributed by atoms with Crippen LogP contribution in [0.4, 0.5) is 26.3 Å². The zero-order valence-corrected chi connectivity index (χ0v) is 18.4. The van der Waals surface area contributed by atoms with Crippen LogP contribution in [0.2, 0.25) is 0 Å². The predicted molar refractivity (Wildman–Crippen MR) is 112 cm³/mol. The number of benzene rings is 2. The molecule has 0 spiro atoms. The summed E-state index contributed by atoms with van der Waals surface area (Å²) in [4.78, 5) is 26.5. The molecule has 2 saturated heterocycles. The summed E-state index contributed by atoms with van der Waals surface area (Å²) in [5, 5.41) is 2.87. The third kappa shape index (κ3) is 5.29. The standard InChI is InChI=1S/C24H22F6N2O3/c25-23(26,27)17-9-15(10-18(11-17)24(28,29)30)13-35-14-22(16-5-2-1-3-6-16)12-19(21(34)31-22)32-8-4-7-20(32)33/h1-3,5-6,9-11,19H,4,7-8,12-14H2,(H,31,34)/t19-,22+/m0/s1. The van der Waals surface area contributed by atoms with Crippen LogP contribution in [0.5, 0.6) is 0 Å². The monoisotopic (exact) mass is 500 g/mol. The molecule has 11 heteroatoms. The lowest BCUT2D eigenvalue weighted by Crippen LogP contribution is -2.43. The quantitative estimate of drug-likeness (QED) is 0.588. The highest BCUT2D eigenvalue weighted by Gasteiger charge is 2.49. The van der Waals surface area contributed by atoms with Crippen molar-refractivity contribution in [2.45, 2.75) is 49.8 Å². The zero-order chi connectivity index (χ0) is 25.4. The molecule has 1 N–H and O–H groups in total. The van der Waals surface area contributed by atoms with E-state index in [1.165, 1.54) is 4.90 Å². The second-order valence-corrected chi connectivity index (χ2v) is 8.75. The van der Waals surface area contributed by atoms with E-state index in [4.69, 9.17) is 4.74 Å². The molecule has 2 aliphatic heterocycles. The number of carbonyl (C=O) groups is 2. The third-order valence-corrected chi connectivity index (χ3v) is 6.28. The molecule has 2 aromatic carbocycles. The largest absolute Gasteiger partial charge is 0.416 e. The van der Waals surface area contributed by atoms with E-state index >= 15 is 0 Å². The Balaban J connectivity index is 1.57. The molecule has 0 saturated carbocycles. The first-order chi connectivity index (χ1) is 16.4. The maximum absolute atomic E-state index is 13.2. The molecule has 2 fully saturated rings. The molecule has 5 nitrogen and oxygen atoms in total. The highest BCUT2D eigenvalue weighted by atomic mass is 19.4. The van der Waals surface area contributed by atoms with Gasteiger partial charge in [0.2, 0.25) is 11.8 Å². The number of nitrogens with zero attached hydrogens (tertiary/aromatic N) is 1. The van der Waals surface area contributed by atoms with E-state index < -0.39 is 41.7 Å². The van der Waals surface area contributed by atoms with Crippen molar-refractivity contribution < 1.29 is 40.7 Å². The van der Waals surface area contributed by atoms with Crippen molar-refractivity contribution in [3.05, 3.63) is 70.8 Å². The van der Waals surface area contributed by atoms with Gasteiger partial charge in [-0.05, 0) is 35.7 Å². The lowest BCUT2D eigenvalue weighted by molar-refractivity contribution is -0.143. The van der Waals surface area contributed by atoms with Gasteiger partial charge in [0, 0.05) is 19.4 Å². The van der Waals surface area contributed by atoms with Crippen molar-refractivity contribution in [3.63, 3.8) is 0 Å². The molecule has 188 valence electrons. The van der Waals surface area contributed by atoms with Gasteiger partial charge in [0.25, 0.3) is 0 Å². The molecule has 2 atom stereocenters. The van der Waals surface area contributed by atoms with E-state index in [2.05, 4.69) is 5.32 Å². The van der Waals surface area contributed by atoms with E-state index in [9.17, 15) is 35.9 Å². The molecule has 0 aliphatic carbocycles. The summed E-state index contributed by atoms with van der Waals surface area (Å²) in [5.41, 5.74) is -3.59. The van der Waals surface area contributed by atoms with Crippen LogP contribution in [0.15, 0.2) is 48.5 Å². The molecule has 2 amide bonds. The Morgan fingerprint density at radius 3 is 2.14 bits per heavy atom. The Bertz CT molecular complexity index is 1070. The molecule has 2 heterocycles. The minimum absolute atomic E-state index is 0.0593. The number of carbonyl (C=O) groups excluding carboxylic acids is 2. The van der Waals surface area contributed by atoms with Gasteiger partial charge < -0.3 is 15.0 Å². The van der Waals surface area contributed by atoms with E-state index in [1.807, 2.05) is 0 Å². The van der Waals surface area contributed by atoms with Crippen molar-refractivity contribution in [2.75, 3.05) is 13.2 Å². The van der Waals surface area contributed by atoms with Crippen LogP contribution < -0.4 is 5.32 Å². The Morgan fingerprint density at radius 2 is 1.60 bits per heavy atom. The van der Waals surface area contributed by atoms with Crippen LogP contribution in [0.3, 0.4) is 0 Å². The number of rotatable bonds is 6. The summed E-state index contributed by atoms with van der Waals surface area (Å²) in [6, 6.07) is 9.26. The SMILES string of the molecule is O=C1N[C@](COCc2cc(C(F)(F)F)cc(C(F)(F)F)c2)(c2ccccc2)C[C@@H]1N1CCCC1=O. The molecular weight excluding hydrogens is 478 g/mol. The number of ether oxygens (including phenoxy) is 1. The average molecular weight is 500 g/mol. The fraction of sp³-hybridized carbons (Fsp3) is 0.417. The number of amides is 2. The summed E-state index contributed by atoms with van der Waals surface area (Å²) >= 11 is 0. The van der Waals surface area contributed by atoms with Crippen molar-refractivity contribution >= 4 is 11.8 Å². The minimum atomic E-state index is -4.96. The number of alkyl halides is 6. The Labute approximate surface area is 197 Å². The molecule has 4 rings (SSSR count). The summed E-state index contributed by atoms with van der Waals surface area (Å²) in [5.74, 6) is -0.523. The van der Waals surface area contributed by atoms with Gasteiger partial charge >= 0.3 is 12.4 Å². The van der Waals surface area contributed by atoms with E-state index in [0.29, 0.717) is 37.1 Å². The average Bonchev–Trinajstić information content (AvgIpc) is 3.36. The Hall–Kier alpha value is -3.08. The Morgan fingerprint density at radius 1 is 0.971 bits per heavy atom. The van der Waals surface area contributed by atoms with Gasteiger partial charge in [0.05, 0.1) is 29.9 Å². The molecule has 0 unspecified atom stereocenters. The summed E-state index contributed by atoms with van der Waals surface area (Å²) < 4.78 is 84.6. The molecule has 0 radical (unpaired) electrons. The van der Waals surface area contributed by atoms with Crippen LogP contribution in [0.1, 0.15) is 41.5 Å². The summed E-state index contributed by atoms with van der Waals surface area (Å²) in [6.45, 7) is -0.309. The molecule has 35 heavy (non-hydrogen) atoms. The summed E-state index contributed by atoms with van der Waals surface area (Å²) in [7, 11) is 0. The van der Waals surface area contributed by atoms with Crippen molar-refractivity contribution in [3.8, 4) is 0 Å².